The zero-order valence-electron chi connectivity index (χ0n) is 9.57. The number of carboxylic acid groups (broad SMARTS) is 1. The molecule has 4 nitrogen and oxygen atoms in total. The maximum absolute atomic E-state index is 10.9. The van der Waals surface area contributed by atoms with Crippen LogP contribution < -0.4 is 9.47 Å². The van der Waals surface area contributed by atoms with E-state index in [2.05, 4.69) is 15.9 Å². The summed E-state index contributed by atoms with van der Waals surface area (Å²) in [6, 6.07) is 3.65. The van der Waals surface area contributed by atoms with Crippen molar-refractivity contribution in [2.24, 2.45) is 5.92 Å². The number of hydrogen-bond donors (Lipinski definition) is 1. The zero-order chi connectivity index (χ0) is 12.6. The lowest BCUT2D eigenvalue weighted by Gasteiger charge is -2.11. The molecule has 0 aliphatic heterocycles. The molecule has 2 unspecified atom stereocenters. The van der Waals surface area contributed by atoms with Crippen LogP contribution in [-0.2, 0) is 4.79 Å². The van der Waals surface area contributed by atoms with Crippen molar-refractivity contribution in [2.45, 2.75) is 12.3 Å². The first kappa shape index (κ1) is 12.2. The summed E-state index contributed by atoms with van der Waals surface area (Å²) in [7, 11) is 3.14. The van der Waals surface area contributed by atoms with Crippen LogP contribution in [0.4, 0.5) is 0 Å². The third-order valence-electron chi connectivity index (χ3n) is 3.01. The molecule has 17 heavy (non-hydrogen) atoms. The van der Waals surface area contributed by atoms with Gasteiger partial charge in [-0.15, -0.1) is 0 Å². The first-order valence-electron chi connectivity index (χ1n) is 5.22. The molecular weight excluding hydrogens is 288 g/mol. The highest BCUT2D eigenvalue weighted by atomic mass is 79.9. The van der Waals surface area contributed by atoms with Gasteiger partial charge >= 0.3 is 5.97 Å². The van der Waals surface area contributed by atoms with Crippen LogP contribution in [0.5, 0.6) is 11.5 Å². The second-order valence-corrected chi connectivity index (χ2v) is 4.87. The van der Waals surface area contributed by atoms with Gasteiger partial charge in [-0.1, -0.05) is 15.9 Å². The zero-order valence-corrected chi connectivity index (χ0v) is 11.2. The molecule has 5 heteroatoms. The summed E-state index contributed by atoms with van der Waals surface area (Å²) in [5, 5.41) is 8.93. The molecule has 1 aromatic rings. The Bertz CT molecular complexity index is 458. The second kappa shape index (κ2) is 4.56. The van der Waals surface area contributed by atoms with Crippen LogP contribution in [0.1, 0.15) is 17.9 Å². The third-order valence-corrected chi connectivity index (χ3v) is 3.70. The molecule has 1 fully saturated rings. The van der Waals surface area contributed by atoms with Gasteiger partial charge in [0, 0.05) is 4.47 Å². The number of hydrogen-bond acceptors (Lipinski definition) is 3. The van der Waals surface area contributed by atoms with Crippen LogP contribution in [0.3, 0.4) is 0 Å². The van der Waals surface area contributed by atoms with Crippen molar-refractivity contribution in [3.8, 4) is 11.5 Å². The Kier molecular flexibility index (Phi) is 3.28. The highest BCUT2D eigenvalue weighted by Crippen LogP contribution is 2.51. The number of methoxy groups -OCH3 is 2. The largest absolute Gasteiger partial charge is 0.493 e. The molecule has 1 saturated carbocycles. The lowest BCUT2D eigenvalue weighted by Crippen LogP contribution is -2.00. The molecule has 1 aromatic carbocycles. The number of benzene rings is 1. The molecule has 1 N–H and O–H groups in total. The third kappa shape index (κ3) is 2.24. The van der Waals surface area contributed by atoms with E-state index in [1.54, 1.807) is 14.2 Å². The Hall–Kier alpha value is -1.23. The van der Waals surface area contributed by atoms with Gasteiger partial charge in [0.25, 0.3) is 0 Å². The van der Waals surface area contributed by atoms with E-state index >= 15 is 0 Å². The minimum Gasteiger partial charge on any atom is -0.493 e. The molecular formula is C12H13BrO4. The van der Waals surface area contributed by atoms with Crippen LogP contribution in [0.15, 0.2) is 16.6 Å². The van der Waals surface area contributed by atoms with Gasteiger partial charge in [0.15, 0.2) is 11.5 Å². The van der Waals surface area contributed by atoms with Crippen molar-refractivity contribution in [3.05, 3.63) is 22.2 Å². The van der Waals surface area contributed by atoms with E-state index in [1.165, 1.54) is 0 Å². The molecule has 2 rings (SSSR count). The minimum atomic E-state index is -0.739. The van der Waals surface area contributed by atoms with E-state index < -0.39 is 5.97 Å². The molecule has 0 saturated heterocycles. The van der Waals surface area contributed by atoms with Gasteiger partial charge in [0.2, 0.25) is 0 Å². The Labute approximate surface area is 108 Å². The SMILES string of the molecule is COc1cc(Br)c(C2CC2C(=O)O)cc1OC. The highest BCUT2D eigenvalue weighted by molar-refractivity contribution is 9.10. The number of aliphatic carboxylic acids is 1. The van der Waals surface area contributed by atoms with Gasteiger partial charge in [-0.25, -0.2) is 0 Å². The fourth-order valence-electron chi connectivity index (χ4n) is 1.97. The number of halogens is 1. The molecule has 2 atom stereocenters. The van der Waals surface area contributed by atoms with Crippen LogP contribution in [-0.4, -0.2) is 25.3 Å². The van der Waals surface area contributed by atoms with Gasteiger partial charge in [-0.2, -0.15) is 0 Å². The predicted molar refractivity (Wildman–Crippen MR) is 65.7 cm³/mol. The molecule has 0 spiro atoms. The maximum Gasteiger partial charge on any atom is 0.307 e. The van der Waals surface area contributed by atoms with Gasteiger partial charge in [0.05, 0.1) is 20.1 Å². The maximum atomic E-state index is 10.9. The van der Waals surface area contributed by atoms with Crippen molar-refractivity contribution in [3.63, 3.8) is 0 Å². The molecule has 0 aromatic heterocycles. The Morgan fingerprint density at radius 2 is 1.94 bits per heavy atom. The summed E-state index contributed by atoms with van der Waals surface area (Å²) in [4.78, 5) is 10.9. The number of rotatable bonds is 4. The molecule has 92 valence electrons. The van der Waals surface area contributed by atoms with Crippen LogP contribution in [0.25, 0.3) is 0 Å². The second-order valence-electron chi connectivity index (χ2n) is 4.02. The van der Waals surface area contributed by atoms with E-state index in [0.29, 0.717) is 17.9 Å². The van der Waals surface area contributed by atoms with E-state index in [1.807, 2.05) is 12.1 Å². The summed E-state index contributed by atoms with van der Waals surface area (Å²) in [5.74, 6) is 0.320. The van der Waals surface area contributed by atoms with E-state index in [9.17, 15) is 4.79 Å². The fourth-order valence-corrected chi connectivity index (χ4v) is 2.58. The van der Waals surface area contributed by atoms with E-state index in [4.69, 9.17) is 14.6 Å². The summed E-state index contributed by atoms with van der Waals surface area (Å²) in [5.41, 5.74) is 0.968. The number of ether oxygens (including phenoxy) is 2. The molecule has 1 aliphatic rings. The Balaban J connectivity index is 2.33. The topological polar surface area (TPSA) is 55.8 Å². The minimum absolute atomic E-state index is 0.0710. The van der Waals surface area contributed by atoms with Crippen LogP contribution in [0.2, 0.25) is 0 Å². The van der Waals surface area contributed by atoms with Gasteiger partial charge < -0.3 is 14.6 Å². The summed E-state index contributed by atoms with van der Waals surface area (Å²) in [6.45, 7) is 0. The lowest BCUT2D eigenvalue weighted by atomic mass is 10.1. The Morgan fingerprint density at radius 3 is 2.41 bits per heavy atom. The van der Waals surface area contributed by atoms with Gasteiger partial charge in [0.1, 0.15) is 0 Å². The standard InChI is InChI=1S/C12H13BrO4/c1-16-10-4-7(6-3-8(6)12(14)15)9(13)5-11(10)17-2/h4-6,8H,3H2,1-2H3,(H,14,15). The van der Waals surface area contributed by atoms with Crippen molar-refractivity contribution in [1.29, 1.82) is 0 Å². The van der Waals surface area contributed by atoms with Crippen molar-refractivity contribution in [1.82, 2.24) is 0 Å². The van der Waals surface area contributed by atoms with Gasteiger partial charge in [-0.05, 0) is 30.0 Å². The molecule has 1 aliphatic carbocycles. The number of carboxylic acids is 1. The quantitative estimate of drug-likeness (QED) is 0.929. The number of carbonyl (C=O) groups is 1. The highest BCUT2D eigenvalue weighted by Gasteiger charge is 2.45. The molecule has 0 bridgehead atoms. The van der Waals surface area contributed by atoms with Crippen LogP contribution >= 0.6 is 15.9 Å². The Morgan fingerprint density at radius 1 is 1.35 bits per heavy atom. The average Bonchev–Trinajstić information content (AvgIpc) is 3.08. The monoisotopic (exact) mass is 300 g/mol. The predicted octanol–water partition coefficient (Wildman–Crippen LogP) is 2.65. The summed E-state index contributed by atoms with van der Waals surface area (Å²) >= 11 is 3.44. The van der Waals surface area contributed by atoms with Crippen molar-refractivity contribution >= 4 is 21.9 Å². The van der Waals surface area contributed by atoms with Crippen molar-refractivity contribution in [2.75, 3.05) is 14.2 Å². The smallest absolute Gasteiger partial charge is 0.307 e. The summed E-state index contributed by atoms with van der Waals surface area (Å²) in [6.07, 6.45) is 0.684. The average molecular weight is 301 g/mol. The van der Waals surface area contributed by atoms with E-state index in [0.717, 1.165) is 10.0 Å². The van der Waals surface area contributed by atoms with Crippen LogP contribution in [0, 0.1) is 5.92 Å². The first-order valence-corrected chi connectivity index (χ1v) is 6.02. The normalized spacial score (nSPS) is 22.1. The lowest BCUT2D eigenvalue weighted by molar-refractivity contribution is -0.138. The van der Waals surface area contributed by atoms with Crippen molar-refractivity contribution < 1.29 is 19.4 Å². The summed E-state index contributed by atoms with van der Waals surface area (Å²) < 4.78 is 11.3. The first-order chi connectivity index (χ1) is 8.08. The molecule has 0 heterocycles. The molecule has 0 amide bonds. The molecule has 0 radical (unpaired) electrons. The fraction of sp³-hybridized carbons (Fsp3) is 0.417. The van der Waals surface area contributed by atoms with Gasteiger partial charge in [-0.3, -0.25) is 4.79 Å². The van der Waals surface area contributed by atoms with E-state index in [-0.39, 0.29) is 11.8 Å².